The minimum atomic E-state index is -0.0955. The first-order valence-electron chi connectivity index (χ1n) is 6.58. The first kappa shape index (κ1) is 14.1. The van der Waals surface area contributed by atoms with E-state index in [-0.39, 0.29) is 11.7 Å². The van der Waals surface area contributed by atoms with Crippen molar-refractivity contribution in [2.24, 2.45) is 0 Å². The Kier molecular flexibility index (Phi) is 4.08. The number of phenols is 1. The number of hydrogen-bond donors (Lipinski definition) is 1. The van der Waals surface area contributed by atoms with Crippen LogP contribution in [0.25, 0.3) is 0 Å². The number of benzene rings is 2. The van der Waals surface area contributed by atoms with Gasteiger partial charge in [-0.2, -0.15) is 0 Å². The first-order chi connectivity index (χ1) is 9.47. The van der Waals surface area contributed by atoms with Crippen molar-refractivity contribution < 1.29 is 9.90 Å². The van der Waals surface area contributed by atoms with Gasteiger partial charge in [0.15, 0.2) is 0 Å². The van der Waals surface area contributed by atoms with Gasteiger partial charge >= 0.3 is 0 Å². The number of aryl methyl sites for hydroxylation is 2. The molecule has 3 heteroatoms. The molecule has 0 heterocycles. The summed E-state index contributed by atoms with van der Waals surface area (Å²) in [5.74, 6) is 0.0570. The molecule has 0 fully saturated rings. The van der Waals surface area contributed by atoms with Gasteiger partial charge in [0.05, 0.1) is 0 Å². The van der Waals surface area contributed by atoms with Crippen molar-refractivity contribution in [2.75, 3.05) is 7.05 Å². The van der Waals surface area contributed by atoms with E-state index in [9.17, 15) is 9.90 Å². The minimum Gasteiger partial charge on any atom is -0.508 e. The van der Waals surface area contributed by atoms with Gasteiger partial charge in [-0.05, 0) is 37.1 Å². The van der Waals surface area contributed by atoms with Crippen LogP contribution in [0, 0.1) is 13.8 Å². The molecule has 0 aliphatic heterocycles. The second kappa shape index (κ2) is 5.78. The van der Waals surface area contributed by atoms with Gasteiger partial charge in [0.2, 0.25) is 0 Å². The molecule has 104 valence electrons. The van der Waals surface area contributed by atoms with E-state index in [1.165, 1.54) is 11.6 Å². The molecule has 0 atom stereocenters. The largest absolute Gasteiger partial charge is 0.508 e. The van der Waals surface area contributed by atoms with Crippen LogP contribution in [0.1, 0.15) is 27.0 Å². The summed E-state index contributed by atoms with van der Waals surface area (Å²) in [6.45, 7) is 4.39. The van der Waals surface area contributed by atoms with Crippen molar-refractivity contribution in [3.63, 3.8) is 0 Å². The number of phenolic OH excluding ortho intramolecular Hbond substituents is 1. The molecule has 3 nitrogen and oxygen atoms in total. The summed E-state index contributed by atoms with van der Waals surface area (Å²) in [4.78, 5) is 14.0. The summed E-state index contributed by atoms with van der Waals surface area (Å²) in [7, 11) is 1.77. The smallest absolute Gasteiger partial charge is 0.254 e. The SMILES string of the molecule is Cc1cccc(CN(C)C(=O)c2ccc(C)c(O)c2)c1. The van der Waals surface area contributed by atoms with Gasteiger partial charge in [0.1, 0.15) is 5.75 Å². The third-order valence-electron chi connectivity index (χ3n) is 3.31. The van der Waals surface area contributed by atoms with Crippen molar-refractivity contribution >= 4 is 5.91 Å². The number of carbonyl (C=O) groups excluding carboxylic acids is 1. The zero-order chi connectivity index (χ0) is 14.7. The molecule has 0 spiro atoms. The van der Waals surface area contributed by atoms with E-state index in [4.69, 9.17) is 0 Å². The molecular weight excluding hydrogens is 250 g/mol. The maximum absolute atomic E-state index is 12.3. The van der Waals surface area contributed by atoms with E-state index in [1.54, 1.807) is 31.0 Å². The lowest BCUT2D eigenvalue weighted by atomic mass is 10.1. The van der Waals surface area contributed by atoms with Gasteiger partial charge in [-0.3, -0.25) is 4.79 Å². The van der Waals surface area contributed by atoms with Gasteiger partial charge in [0.25, 0.3) is 5.91 Å². The fraction of sp³-hybridized carbons (Fsp3) is 0.235. The molecule has 0 aromatic heterocycles. The van der Waals surface area contributed by atoms with Crippen LogP contribution < -0.4 is 0 Å². The Morgan fingerprint density at radius 3 is 2.55 bits per heavy atom. The summed E-state index contributed by atoms with van der Waals surface area (Å²) in [5, 5.41) is 9.69. The molecule has 0 aliphatic carbocycles. The number of nitrogens with zero attached hydrogens (tertiary/aromatic N) is 1. The van der Waals surface area contributed by atoms with E-state index in [2.05, 4.69) is 6.07 Å². The molecule has 1 amide bonds. The number of carbonyl (C=O) groups is 1. The Bertz CT molecular complexity index is 635. The van der Waals surface area contributed by atoms with E-state index in [1.807, 2.05) is 25.1 Å². The molecule has 2 aromatic rings. The quantitative estimate of drug-likeness (QED) is 0.929. The number of rotatable bonds is 3. The summed E-state index contributed by atoms with van der Waals surface area (Å²) < 4.78 is 0. The fourth-order valence-electron chi connectivity index (χ4n) is 2.12. The predicted molar refractivity (Wildman–Crippen MR) is 79.8 cm³/mol. The van der Waals surface area contributed by atoms with Crippen molar-refractivity contribution in [1.82, 2.24) is 4.90 Å². The van der Waals surface area contributed by atoms with Gasteiger partial charge in [-0.15, -0.1) is 0 Å². The maximum atomic E-state index is 12.3. The molecule has 0 radical (unpaired) electrons. The molecule has 0 saturated heterocycles. The molecule has 0 unspecified atom stereocenters. The minimum absolute atomic E-state index is 0.0955. The normalized spacial score (nSPS) is 10.3. The summed E-state index contributed by atoms with van der Waals surface area (Å²) >= 11 is 0. The van der Waals surface area contributed by atoms with E-state index >= 15 is 0 Å². The van der Waals surface area contributed by atoms with Crippen LogP contribution in [0.2, 0.25) is 0 Å². The van der Waals surface area contributed by atoms with Crippen LogP contribution in [0.15, 0.2) is 42.5 Å². The number of aromatic hydroxyl groups is 1. The van der Waals surface area contributed by atoms with E-state index < -0.39 is 0 Å². The lowest BCUT2D eigenvalue weighted by Crippen LogP contribution is -2.26. The first-order valence-corrected chi connectivity index (χ1v) is 6.58. The van der Waals surface area contributed by atoms with Gasteiger partial charge in [-0.1, -0.05) is 35.9 Å². The third kappa shape index (κ3) is 3.18. The van der Waals surface area contributed by atoms with Crippen molar-refractivity contribution in [1.29, 1.82) is 0 Å². The average molecular weight is 269 g/mol. The predicted octanol–water partition coefficient (Wildman–Crippen LogP) is 3.28. The highest BCUT2D eigenvalue weighted by Gasteiger charge is 2.13. The van der Waals surface area contributed by atoms with E-state index in [0.29, 0.717) is 12.1 Å². The zero-order valence-corrected chi connectivity index (χ0v) is 12.1. The topological polar surface area (TPSA) is 40.5 Å². The van der Waals surface area contributed by atoms with Crippen molar-refractivity contribution in [3.8, 4) is 5.75 Å². The Labute approximate surface area is 119 Å². The second-order valence-corrected chi connectivity index (χ2v) is 5.15. The van der Waals surface area contributed by atoms with Gasteiger partial charge in [-0.25, -0.2) is 0 Å². The van der Waals surface area contributed by atoms with Crippen LogP contribution >= 0.6 is 0 Å². The lowest BCUT2D eigenvalue weighted by Gasteiger charge is -2.18. The second-order valence-electron chi connectivity index (χ2n) is 5.15. The van der Waals surface area contributed by atoms with Gasteiger partial charge < -0.3 is 10.0 Å². The van der Waals surface area contributed by atoms with E-state index in [0.717, 1.165) is 11.1 Å². The highest BCUT2D eigenvalue weighted by Crippen LogP contribution is 2.19. The Morgan fingerprint density at radius 1 is 1.15 bits per heavy atom. The lowest BCUT2D eigenvalue weighted by molar-refractivity contribution is 0.0784. The molecule has 1 N–H and O–H groups in total. The standard InChI is InChI=1S/C17H19NO2/c1-12-5-4-6-14(9-12)11-18(3)17(20)15-8-7-13(2)16(19)10-15/h4-10,19H,11H2,1-3H3. The van der Waals surface area contributed by atoms with Crippen LogP contribution in [-0.2, 0) is 6.54 Å². The summed E-state index contributed by atoms with van der Waals surface area (Å²) in [5.41, 5.74) is 3.54. The van der Waals surface area contributed by atoms with Crippen LogP contribution in [0.5, 0.6) is 5.75 Å². The van der Waals surface area contributed by atoms with Gasteiger partial charge in [0, 0.05) is 19.2 Å². The highest BCUT2D eigenvalue weighted by atomic mass is 16.3. The molecule has 2 aromatic carbocycles. The Morgan fingerprint density at radius 2 is 1.90 bits per heavy atom. The van der Waals surface area contributed by atoms with Crippen molar-refractivity contribution in [2.45, 2.75) is 20.4 Å². The Hall–Kier alpha value is -2.29. The monoisotopic (exact) mass is 269 g/mol. The fourth-order valence-corrected chi connectivity index (χ4v) is 2.12. The Balaban J connectivity index is 2.14. The molecule has 0 bridgehead atoms. The highest BCUT2D eigenvalue weighted by molar-refractivity contribution is 5.94. The zero-order valence-electron chi connectivity index (χ0n) is 12.1. The third-order valence-corrected chi connectivity index (χ3v) is 3.31. The number of hydrogen-bond acceptors (Lipinski definition) is 2. The molecule has 20 heavy (non-hydrogen) atoms. The molecular formula is C17H19NO2. The summed E-state index contributed by atoms with van der Waals surface area (Å²) in [6, 6.07) is 13.1. The number of amides is 1. The maximum Gasteiger partial charge on any atom is 0.254 e. The molecule has 2 rings (SSSR count). The van der Waals surface area contributed by atoms with Crippen LogP contribution in [0.4, 0.5) is 0 Å². The average Bonchev–Trinajstić information content (AvgIpc) is 2.41. The summed E-state index contributed by atoms with van der Waals surface area (Å²) in [6.07, 6.45) is 0. The molecule has 0 saturated carbocycles. The van der Waals surface area contributed by atoms with Crippen molar-refractivity contribution in [3.05, 3.63) is 64.7 Å². The molecule has 0 aliphatic rings. The van der Waals surface area contributed by atoms with Crippen LogP contribution in [0.3, 0.4) is 0 Å². The van der Waals surface area contributed by atoms with Crippen LogP contribution in [-0.4, -0.2) is 23.0 Å².